The normalized spacial score (nSPS) is 10.8. The number of nitrogens with two attached hydrogens (primary N) is 1. The number of carbonyl (C=O) groups is 4. The first-order chi connectivity index (χ1) is 26.4. The van der Waals surface area contributed by atoms with Crippen LogP contribution in [-0.4, -0.2) is 98.0 Å². The van der Waals surface area contributed by atoms with Crippen LogP contribution in [-0.2, 0) is 30.7 Å². The molecule has 0 atom stereocenters. The van der Waals surface area contributed by atoms with Gasteiger partial charge in [-0.3, -0.25) is 19.2 Å². The number of fused-ring (bicyclic) bond motifs is 1. The third kappa shape index (κ3) is 10.1. The van der Waals surface area contributed by atoms with E-state index in [-0.39, 0.29) is 84.1 Å². The van der Waals surface area contributed by atoms with Crippen molar-refractivity contribution in [2.24, 2.45) is 5.73 Å². The number of primary amides is 1. The minimum absolute atomic E-state index is 0.00412. The number of hydrogen-bond donors (Lipinski definition) is 2. The average molecular weight is 771 g/mol. The summed E-state index contributed by atoms with van der Waals surface area (Å²) in [6.07, 6.45) is -0.992. The molecule has 1 heterocycles. The molecule has 3 aromatic carbocycles. The number of benzene rings is 3. The molecule has 0 bridgehead atoms. The molecular formula is C35H38N4O16. The number of hydrogen-bond acceptors (Lipinski definition) is 16. The number of amides is 3. The Kier molecular flexibility index (Phi) is 14.5. The highest BCUT2D eigenvalue weighted by Crippen LogP contribution is 2.33. The molecule has 4 aromatic rings. The molecule has 55 heavy (non-hydrogen) atoms. The minimum atomic E-state index is -1.09. The zero-order valence-corrected chi connectivity index (χ0v) is 30.1. The Morgan fingerprint density at radius 1 is 0.745 bits per heavy atom. The number of aromatic hydroxyl groups is 1. The molecule has 4 rings (SSSR count). The predicted molar refractivity (Wildman–Crippen MR) is 187 cm³/mol. The molecule has 0 saturated heterocycles. The molecule has 0 aliphatic carbocycles. The van der Waals surface area contributed by atoms with E-state index in [2.05, 4.69) is 9.62 Å². The molecule has 3 N–H and O–H groups in total. The molecule has 0 aliphatic rings. The largest absolute Gasteiger partial charge is 0.513 e. The van der Waals surface area contributed by atoms with E-state index in [4.69, 9.17) is 39.3 Å². The first-order valence-electron chi connectivity index (χ1n) is 16.3. The number of ether oxygens (including phenoxy) is 2. The number of methoxy groups -OCH3 is 1. The second-order valence-electron chi connectivity index (χ2n) is 11.2. The van der Waals surface area contributed by atoms with Crippen molar-refractivity contribution in [2.45, 2.75) is 19.4 Å². The van der Waals surface area contributed by atoms with Crippen LogP contribution >= 0.6 is 0 Å². The van der Waals surface area contributed by atoms with Crippen molar-refractivity contribution < 1.29 is 67.5 Å². The van der Waals surface area contributed by atoms with Crippen molar-refractivity contribution in [3.8, 4) is 28.7 Å². The van der Waals surface area contributed by atoms with E-state index in [1.807, 2.05) is 0 Å². The van der Waals surface area contributed by atoms with Crippen molar-refractivity contribution in [1.29, 1.82) is 0 Å². The second kappa shape index (κ2) is 19.4. The van der Waals surface area contributed by atoms with Gasteiger partial charge in [0.1, 0.15) is 0 Å². The van der Waals surface area contributed by atoms with Crippen molar-refractivity contribution in [1.82, 2.24) is 14.4 Å². The Morgan fingerprint density at radius 3 is 2.00 bits per heavy atom. The van der Waals surface area contributed by atoms with Crippen LogP contribution in [0.5, 0.6) is 28.7 Å². The van der Waals surface area contributed by atoms with Crippen LogP contribution in [0.3, 0.4) is 0 Å². The SMILES string of the molecule is COOc1cccc(C(=O)N(CCCN(CC(N)=O)C(=O)c2cccc(O)c2OOC)CCCn2c(=O)oc3c(OC(=O)OC)cccc3c2=O)c1OOC. The number of phenolic OH excluding ortho intramolecular Hbond substituents is 1. The Bertz CT molecular complexity index is 2130. The van der Waals surface area contributed by atoms with E-state index in [9.17, 15) is 33.9 Å². The van der Waals surface area contributed by atoms with Gasteiger partial charge >= 0.3 is 11.9 Å². The van der Waals surface area contributed by atoms with Crippen molar-refractivity contribution in [2.75, 3.05) is 54.6 Å². The standard InChI is InChI=1S/C35H38N4O16/c1-47-35(46)51-25-14-6-11-22-29(25)52-34(45)39(33(22)44)19-9-17-37(31(42)23-12-7-15-26(53-48-2)30(23)55-50-4)16-8-18-38(20-27(36)41)32(43)21-10-5-13-24(40)28(21)54-49-3/h5-7,10-15,40H,8-9,16-20H2,1-4H3,(H2,36,41). The van der Waals surface area contributed by atoms with Gasteiger partial charge in [-0.2, -0.15) is 14.7 Å². The van der Waals surface area contributed by atoms with E-state index < -0.39 is 47.5 Å². The van der Waals surface area contributed by atoms with Gasteiger partial charge in [0.25, 0.3) is 17.4 Å². The molecule has 3 amide bonds. The molecule has 0 radical (unpaired) electrons. The Hall–Kier alpha value is -6.64. The molecule has 20 nitrogen and oxygen atoms in total. The van der Waals surface area contributed by atoms with Crippen LogP contribution in [0, 0.1) is 0 Å². The molecular weight excluding hydrogens is 732 g/mol. The topological polar surface area (TPSA) is 247 Å². The van der Waals surface area contributed by atoms with Gasteiger partial charge in [0, 0.05) is 26.2 Å². The average Bonchev–Trinajstić information content (AvgIpc) is 3.16. The Labute approximate surface area is 311 Å². The van der Waals surface area contributed by atoms with Gasteiger partial charge in [-0.1, -0.05) is 18.2 Å². The Balaban J connectivity index is 1.63. The fraction of sp³-hybridized carbons (Fsp3) is 0.314. The molecule has 20 heteroatoms. The maximum Gasteiger partial charge on any atom is 0.513 e. The summed E-state index contributed by atoms with van der Waals surface area (Å²) in [5, 5.41) is 10.2. The summed E-state index contributed by atoms with van der Waals surface area (Å²) in [5.74, 6) is -4.25. The van der Waals surface area contributed by atoms with Gasteiger partial charge in [-0.25, -0.2) is 14.2 Å². The molecule has 0 unspecified atom stereocenters. The first kappa shape index (κ1) is 41.1. The number of nitrogens with zero attached hydrogens (tertiary/aromatic N) is 3. The molecule has 0 spiro atoms. The zero-order chi connectivity index (χ0) is 40.1. The number of carbonyl (C=O) groups excluding carboxylic acids is 4. The number of phenols is 1. The van der Waals surface area contributed by atoms with Gasteiger partial charge in [-0.15, -0.1) is 0 Å². The van der Waals surface area contributed by atoms with Crippen LogP contribution < -0.4 is 36.4 Å². The molecule has 0 saturated carbocycles. The lowest BCUT2D eigenvalue weighted by Gasteiger charge is -2.27. The summed E-state index contributed by atoms with van der Waals surface area (Å²) < 4.78 is 15.6. The molecule has 0 aliphatic heterocycles. The predicted octanol–water partition coefficient (Wildman–Crippen LogP) is 2.18. The fourth-order valence-corrected chi connectivity index (χ4v) is 5.41. The van der Waals surface area contributed by atoms with Gasteiger partial charge in [0.05, 0.1) is 51.5 Å². The monoisotopic (exact) mass is 770 g/mol. The summed E-state index contributed by atoms with van der Waals surface area (Å²) in [6, 6.07) is 12.5. The molecule has 0 fully saturated rings. The minimum Gasteiger partial charge on any atom is -0.504 e. The highest BCUT2D eigenvalue weighted by Gasteiger charge is 2.27. The Morgan fingerprint density at radius 2 is 1.33 bits per heavy atom. The summed E-state index contributed by atoms with van der Waals surface area (Å²) in [6.45, 7) is -0.989. The maximum atomic E-state index is 14.1. The summed E-state index contributed by atoms with van der Waals surface area (Å²) >= 11 is 0. The van der Waals surface area contributed by atoms with Gasteiger partial charge < -0.3 is 49.2 Å². The van der Waals surface area contributed by atoms with Gasteiger partial charge in [0.15, 0.2) is 17.1 Å². The molecule has 1 aromatic heterocycles. The van der Waals surface area contributed by atoms with Gasteiger partial charge in [0.2, 0.25) is 23.2 Å². The fourth-order valence-electron chi connectivity index (χ4n) is 5.41. The third-order valence-corrected chi connectivity index (χ3v) is 7.75. The third-order valence-electron chi connectivity index (χ3n) is 7.75. The quantitative estimate of drug-likeness (QED) is 0.0600. The second-order valence-corrected chi connectivity index (χ2v) is 11.2. The van der Waals surface area contributed by atoms with Gasteiger partial charge in [-0.05, 0) is 49.2 Å². The summed E-state index contributed by atoms with van der Waals surface area (Å²) in [5.41, 5.74) is 4.29. The van der Waals surface area contributed by atoms with Crippen LogP contribution in [0.1, 0.15) is 33.6 Å². The van der Waals surface area contributed by atoms with E-state index >= 15 is 0 Å². The van der Waals surface area contributed by atoms with E-state index in [1.54, 1.807) is 0 Å². The number of aromatic nitrogens is 1. The van der Waals surface area contributed by atoms with E-state index in [1.165, 1.54) is 80.8 Å². The number of rotatable bonds is 19. The van der Waals surface area contributed by atoms with Crippen molar-refractivity contribution in [3.63, 3.8) is 0 Å². The van der Waals surface area contributed by atoms with E-state index in [0.29, 0.717) is 0 Å². The maximum absolute atomic E-state index is 14.1. The highest BCUT2D eigenvalue weighted by molar-refractivity contribution is 5.99. The number of para-hydroxylation sites is 3. The van der Waals surface area contributed by atoms with Crippen LogP contribution in [0.4, 0.5) is 4.79 Å². The summed E-state index contributed by atoms with van der Waals surface area (Å²) in [4.78, 5) is 110. The van der Waals surface area contributed by atoms with Crippen molar-refractivity contribution in [3.05, 3.63) is 86.6 Å². The first-order valence-corrected chi connectivity index (χ1v) is 16.3. The highest BCUT2D eigenvalue weighted by atomic mass is 17.2. The lowest BCUT2D eigenvalue weighted by molar-refractivity contribution is -0.201. The molecule has 294 valence electrons. The lowest BCUT2D eigenvalue weighted by atomic mass is 10.1. The van der Waals surface area contributed by atoms with Crippen LogP contribution in [0.15, 0.2) is 68.6 Å². The lowest BCUT2D eigenvalue weighted by Crippen LogP contribution is -2.41. The van der Waals surface area contributed by atoms with E-state index in [0.717, 1.165) is 16.6 Å². The van der Waals surface area contributed by atoms with Crippen molar-refractivity contribution >= 4 is 34.8 Å². The smallest absolute Gasteiger partial charge is 0.504 e. The zero-order valence-electron chi connectivity index (χ0n) is 30.1. The van der Waals surface area contributed by atoms with Crippen LogP contribution in [0.2, 0.25) is 0 Å². The summed E-state index contributed by atoms with van der Waals surface area (Å²) in [7, 11) is 4.72. The van der Waals surface area contributed by atoms with Crippen LogP contribution in [0.25, 0.3) is 11.0 Å².